The summed E-state index contributed by atoms with van der Waals surface area (Å²) in [4.78, 5) is 11.4. The fourth-order valence-corrected chi connectivity index (χ4v) is 1.62. The zero-order valence-corrected chi connectivity index (χ0v) is 12.1. The minimum atomic E-state index is -0.476. The zero-order valence-electron chi connectivity index (χ0n) is 12.1. The van der Waals surface area contributed by atoms with Crippen LogP contribution in [0.3, 0.4) is 0 Å². The summed E-state index contributed by atoms with van der Waals surface area (Å²) in [5.74, 6) is -0.834. The van der Waals surface area contributed by atoms with E-state index in [1.54, 1.807) is 12.1 Å². The minimum Gasteiger partial charge on any atom is -0.478 e. The Hall–Kier alpha value is -1.62. The molecule has 4 nitrogen and oxygen atoms in total. The van der Waals surface area contributed by atoms with Gasteiger partial charge in [0.2, 0.25) is 0 Å². The van der Waals surface area contributed by atoms with E-state index in [0.29, 0.717) is 18.7 Å². The highest BCUT2D eigenvalue weighted by Crippen LogP contribution is 2.22. The van der Waals surface area contributed by atoms with Crippen LogP contribution in [0, 0.1) is 5.82 Å². The number of rotatable bonds is 9. The van der Waals surface area contributed by atoms with Crippen LogP contribution in [0.1, 0.15) is 32.3 Å². The van der Waals surface area contributed by atoms with Crippen molar-refractivity contribution in [2.75, 3.05) is 19.8 Å². The number of benzene rings is 1. The number of carbonyl (C=O) groups is 1. The van der Waals surface area contributed by atoms with Gasteiger partial charge >= 0.3 is 5.97 Å². The van der Waals surface area contributed by atoms with Crippen LogP contribution >= 0.6 is 0 Å². The molecule has 0 aliphatic heterocycles. The molecule has 1 aromatic rings. The number of esters is 1. The molecule has 0 fully saturated rings. The minimum absolute atomic E-state index is 0.112. The Morgan fingerprint density at radius 2 is 2.15 bits per heavy atom. The van der Waals surface area contributed by atoms with Crippen LogP contribution in [-0.2, 0) is 16.1 Å². The summed E-state index contributed by atoms with van der Waals surface area (Å²) < 4.78 is 24.0. The van der Waals surface area contributed by atoms with Crippen molar-refractivity contribution in [1.29, 1.82) is 0 Å². The molecule has 0 radical (unpaired) electrons. The first-order valence-electron chi connectivity index (χ1n) is 6.95. The molecule has 0 spiro atoms. The van der Waals surface area contributed by atoms with Gasteiger partial charge in [-0.25, -0.2) is 9.18 Å². The highest BCUT2D eigenvalue weighted by atomic mass is 19.1. The summed E-state index contributed by atoms with van der Waals surface area (Å²) in [5.41, 5.74) is 0.688. The predicted molar refractivity (Wildman–Crippen MR) is 75.1 cm³/mol. The lowest BCUT2D eigenvalue weighted by Gasteiger charge is -2.12. The van der Waals surface area contributed by atoms with E-state index in [-0.39, 0.29) is 12.4 Å². The fraction of sp³-hybridized carbons (Fsp3) is 0.533. The van der Waals surface area contributed by atoms with Crippen molar-refractivity contribution in [3.05, 3.63) is 29.6 Å². The summed E-state index contributed by atoms with van der Waals surface area (Å²) >= 11 is 0. The molecule has 0 unspecified atom stereocenters. The van der Waals surface area contributed by atoms with E-state index in [0.717, 1.165) is 19.4 Å². The van der Waals surface area contributed by atoms with Gasteiger partial charge in [0.1, 0.15) is 0 Å². The van der Waals surface area contributed by atoms with E-state index in [4.69, 9.17) is 9.47 Å². The standard InChI is InChI=1S/C15H22FNO3/c1-3-5-9-19-14(18)11-20-15-12(10-17-4-2)7-6-8-13(15)16/h6-8,17H,3-5,9-11H2,1-2H3. The molecular formula is C15H22FNO3. The molecule has 0 aliphatic rings. The van der Waals surface area contributed by atoms with Crippen LogP contribution in [0.2, 0.25) is 0 Å². The van der Waals surface area contributed by atoms with E-state index in [9.17, 15) is 9.18 Å². The molecule has 112 valence electrons. The van der Waals surface area contributed by atoms with Crippen molar-refractivity contribution in [1.82, 2.24) is 5.32 Å². The molecule has 1 N–H and O–H groups in total. The van der Waals surface area contributed by atoms with Crippen LogP contribution in [0.4, 0.5) is 4.39 Å². The van der Waals surface area contributed by atoms with Gasteiger partial charge in [0, 0.05) is 12.1 Å². The van der Waals surface area contributed by atoms with Gasteiger partial charge in [-0.05, 0) is 19.0 Å². The number of unbranched alkanes of at least 4 members (excludes halogenated alkanes) is 1. The molecule has 0 bridgehead atoms. The molecule has 0 aliphatic carbocycles. The van der Waals surface area contributed by atoms with Crippen LogP contribution < -0.4 is 10.1 Å². The molecule has 1 aromatic carbocycles. The number of halogens is 1. The third-order valence-corrected chi connectivity index (χ3v) is 2.71. The lowest BCUT2D eigenvalue weighted by atomic mass is 10.2. The molecular weight excluding hydrogens is 261 g/mol. The highest BCUT2D eigenvalue weighted by Gasteiger charge is 2.12. The second-order valence-corrected chi connectivity index (χ2v) is 4.37. The van der Waals surface area contributed by atoms with Gasteiger partial charge in [0.05, 0.1) is 6.61 Å². The Labute approximate surface area is 119 Å². The third kappa shape index (κ3) is 5.57. The topological polar surface area (TPSA) is 47.6 Å². The quantitative estimate of drug-likeness (QED) is 0.559. The van der Waals surface area contributed by atoms with Gasteiger partial charge in [0.25, 0.3) is 0 Å². The van der Waals surface area contributed by atoms with E-state index in [1.165, 1.54) is 6.07 Å². The maximum absolute atomic E-state index is 13.7. The van der Waals surface area contributed by atoms with Gasteiger partial charge < -0.3 is 14.8 Å². The van der Waals surface area contributed by atoms with E-state index < -0.39 is 11.8 Å². The van der Waals surface area contributed by atoms with Crippen LogP contribution in [0.5, 0.6) is 5.75 Å². The third-order valence-electron chi connectivity index (χ3n) is 2.71. The van der Waals surface area contributed by atoms with E-state index >= 15 is 0 Å². The van der Waals surface area contributed by atoms with Crippen molar-refractivity contribution < 1.29 is 18.7 Å². The van der Waals surface area contributed by atoms with Crippen molar-refractivity contribution in [2.45, 2.75) is 33.2 Å². The highest BCUT2D eigenvalue weighted by molar-refractivity contribution is 5.71. The summed E-state index contributed by atoms with van der Waals surface area (Å²) in [6.07, 6.45) is 1.77. The second kappa shape index (κ2) is 9.31. The van der Waals surface area contributed by atoms with Crippen molar-refractivity contribution in [3.8, 4) is 5.75 Å². The molecule has 0 amide bonds. The maximum Gasteiger partial charge on any atom is 0.344 e. The van der Waals surface area contributed by atoms with Gasteiger partial charge in [-0.2, -0.15) is 0 Å². The average Bonchev–Trinajstić information content (AvgIpc) is 2.44. The summed E-state index contributed by atoms with van der Waals surface area (Å²) in [7, 11) is 0. The Balaban J connectivity index is 2.55. The van der Waals surface area contributed by atoms with Gasteiger partial charge in [0.15, 0.2) is 18.2 Å². The molecule has 0 saturated carbocycles. The Morgan fingerprint density at radius 1 is 1.35 bits per heavy atom. The lowest BCUT2D eigenvalue weighted by molar-refractivity contribution is -0.146. The van der Waals surface area contributed by atoms with Crippen molar-refractivity contribution in [3.63, 3.8) is 0 Å². The predicted octanol–water partition coefficient (Wildman–Crippen LogP) is 2.66. The molecule has 0 atom stereocenters. The molecule has 0 heterocycles. The fourth-order valence-electron chi connectivity index (χ4n) is 1.62. The SMILES string of the molecule is CCCCOC(=O)COc1c(F)cccc1CNCC. The first-order valence-corrected chi connectivity index (χ1v) is 6.95. The number of ether oxygens (including phenoxy) is 2. The Morgan fingerprint density at radius 3 is 2.85 bits per heavy atom. The number of hydrogen-bond acceptors (Lipinski definition) is 4. The first kappa shape index (κ1) is 16.4. The average molecular weight is 283 g/mol. The normalized spacial score (nSPS) is 10.3. The van der Waals surface area contributed by atoms with E-state index in [2.05, 4.69) is 5.32 Å². The lowest BCUT2D eigenvalue weighted by Crippen LogP contribution is -2.18. The maximum atomic E-state index is 13.7. The number of hydrogen-bond donors (Lipinski definition) is 1. The number of para-hydroxylation sites is 1. The van der Waals surface area contributed by atoms with Gasteiger partial charge in [-0.3, -0.25) is 0 Å². The zero-order chi connectivity index (χ0) is 14.8. The monoisotopic (exact) mass is 283 g/mol. The molecule has 5 heteroatoms. The molecule has 0 aromatic heterocycles. The smallest absolute Gasteiger partial charge is 0.344 e. The Kier molecular flexibility index (Phi) is 7.65. The molecule has 1 rings (SSSR count). The first-order chi connectivity index (χ1) is 9.69. The number of nitrogens with one attached hydrogen (secondary N) is 1. The second-order valence-electron chi connectivity index (χ2n) is 4.37. The number of carbonyl (C=O) groups excluding carboxylic acids is 1. The summed E-state index contributed by atoms with van der Waals surface area (Å²) in [5, 5.41) is 3.10. The van der Waals surface area contributed by atoms with E-state index in [1.807, 2.05) is 13.8 Å². The summed E-state index contributed by atoms with van der Waals surface area (Å²) in [6, 6.07) is 4.70. The van der Waals surface area contributed by atoms with Crippen molar-refractivity contribution >= 4 is 5.97 Å². The van der Waals surface area contributed by atoms with Crippen LogP contribution in [0.25, 0.3) is 0 Å². The Bertz CT molecular complexity index is 424. The van der Waals surface area contributed by atoms with Gasteiger partial charge in [-0.1, -0.05) is 32.4 Å². The van der Waals surface area contributed by atoms with Crippen molar-refractivity contribution in [2.24, 2.45) is 0 Å². The van der Waals surface area contributed by atoms with Crippen LogP contribution in [-0.4, -0.2) is 25.7 Å². The largest absolute Gasteiger partial charge is 0.478 e. The van der Waals surface area contributed by atoms with Crippen LogP contribution in [0.15, 0.2) is 18.2 Å². The van der Waals surface area contributed by atoms with Gasteiger partial charge in [-0.15, -0.1) is 0 Å². The molecule has 20 heavy (non-hydrogen) atoms. The summed E-state index contributed by atoms with van der Waals surface area (Å²) in [6.45, 7) is 5.34. The molecule has 0 saturated heterocycles.